The van der Waals surface area contributed by atoms with Crippen molar-refractivity contribution >= 4 is 0 Å². The highest BCUT2D eigenvalue weighted by atomic mass is 16.3. The van der Waals surface area contributed by atoms with Gasteiger partial charge in [-0.15, -0.1) is 0 Å². The predicted octanol–water partition coefficient (Wildman–Crippen LogP) is 5.52. The molecule has 1 heteroatoms. The first kappa shape index (κ1) is 15.1. The molecule has 2 unspecified atom stereocenters. The Balaban J connectivity index is 1.69. The van der Waals surface area contributed by atoms with Crippen LogP contribution < -0.4 is 0 Å². The second kappa shape index (κ2) is 6.52. The van der Waals surface area contributed by atoms with Gasteiger partial charge in [-0.2, -0.15) is 0 Å². The van der Waals surface area contributed by atoms with Gasteiger partial charge in [-0.1, -0.05) is 56.9 Å². The summed E-state index contributed by atoms with van der Waals surface area (Å²) in [5.41, 5.74) is 2.06. The maximum absolute atomic E-state index is 11.1. The lowest BCUT2D eigenvalue weighted by Gasteiger charge is -2.29. The van der Waals surface area contributed by atoms with Gasteiger partial charge in [0.1, 0.15) is 0 Å². The summed E-state index contributed by atoms with van der Waals surface area (Å²) in [5.74, 6) is 1.62. The van der Waals surface area contributed by atoms with E-state index in [0.29, 0.717) is 0 Å². The fourth-order valence-electron chi connectivity index (χ4n) is 4.19. The minimum Gasteiger partial charge on any atom is -0.385 e. The van der Waals surface area contributed by atoms with Crippen molar-refractivity contribution in [3.63, 3.8) is 0 Å². The molecule has 2 aliphatic rings. The second-order valence-corrected chi connectivity index (χ2v) is 7.37. The summed E-state index contributed by atoms with van der Waals surface area (Å²) in [5, 5.41) is 11.1. The number of aliphatic hydroxyl groups is 1. The Hall–Kier alpha value is -0.820. The minimum atomic E-state index is -0.569. The average Bonchev–Trinajstić information content (AvgIpc) is 2.62. The molecule has 0 aliphatic heterocycles. The summed E-state index contributed by atoms with van der Waals surface area (Å²) < 4.78 is 0. The van der Waals surface area contributed by atoms with Gasteiger partial charge in [-0.25, -0.2) is 0 Å². The van der Waals surface area contributed by atoms with Crippen LogP contribution in [-0.4, -0.2) is 5.11 Å². The maximum Gasteiger partial charge on any atom is 0.0896 e. The lowest BCUT2D eigenvalue weighted by atomic mass is 9.78. The zero-order chi connectivity index (χ0) is 14.7. The SMILES string of the molecule is CCCC1CCCC(O)(c2ccc(C3CCC3)cc2)CC1. The normalized spacial score (nSPS) is 30.7. The van der Waals surface area contributed by atoms with E-state index >= 15 is 0 Å². The summed E-state index contributed by atoms with van der Waals surface area (Å²) in [6.45, 7) is 2.27. The molecule has 2 saturated carbocycles. The van der Waals surface area contributed by atoms with Crippen LogP contribution in [0.2, 0.25) is 0 Å². The Kier molecular flexibility index (Phi) is 4.69. The lowest BCUT2D eigenvalue weighted by molar-refractivity contribution is 0.0195. The smallest absolute Gasteiger partial charge is 0.0896 e. The molecule has 0 heterocycles. The van der Waals surface area contributed by atoms with Gasteiger partial charge in [0.05, 0.1) is 5.60 Å². The molecule has 1 aromatic rings. The van der Waals surface area contributed by atoms with Gasteiger partial charge in [0.2, 0.25) is 0 Å². The zero-order valence-corrected chi connectivity index (χ0v) is 13.5. The zero-order valence-electron chi connectivity index (χ0n) is 13.5. The van der Waals surface area contributed by atoms with Gasteiger partial charge < -0.3 is 5.11 Å². The van der Waals surface area contributed by atoms with E-state index in [9.17, 15) is 5.11 Å². The fraction of sp³-hybridized carbons (Fsp3) is 0.700. The van der Waals surface area contributed by atoms with Gasteiger partial charge in [0.25, 0.3) is 0 Å². The molecule has 0 saturated heterocycles. The van der Waals surface area contributed by atoms with Crippen molar-refractivity contribution in [3.05, 3.63) is 35.4 Å². The number of hydrogen-bond acceptors (Lipinski definition) is 1. The van der Waals surface area contributed by atoms with E-state index in [4.69, 9.17) is 0 Å². The summed E-state index contributed by atoms with van der Waals surface area (Å²) >= 11 is 0. The second-order valence-electron chi connectivity index (χ2n) is 7.37. The molecule has 1 N–H and O–H groups in total. The molecule has 0 radical (unpaired) electrons. The average molecular weight is 286 g/mol. The standard InChI is InChI=1S/C20H30O/c1-2-5-16-6-4-14-20(21,15-13-16)19-11-9-18(10-12-19)17-7-3-8-17/h9-12,16-17,21H,2-8,13-15H2,1H3. The molecule has 2 aliphatic carbocycles. The van der Waals surface area contributed by atoms with Gasteiger partial charge in [-0.05, 0) is 61.5 Å². The van der Waals surface area contributed by atoms with Crippen LogP contribution in [-0.2, 0) is 5.60 Å². The van der Waals surface area contributed by atoms with Gasteiger partial charge >= 0.3 is 0 Å². The van der Waals surface area contributed by atoms with Crippen LogP contribution in [0.25, 0.3) is 0 Å². The Morgan fingerprint density at radius 3 is 2.38 bits per heavy atom. The van der Waals surface area contributed by atoms with E-state index in [1.165, 1.54) is 56.9 Å². The van der Waals surface area contributed by atoms with E-state index in [-0.39, 0.29) is 0 Å². The van der Waals surface area contributed by atoms with Crippen molar-refractivity contribution < 1.29 is 5.11 Å². The van der Waals surface area contributed by atoms with Crippen molar-refractivity contribution in [1.29, 1.82) is 0 Å². The molecule has 3 rings (SSSR count). The van der Waals surface area contributed by atoms with Crippen molar-refractivity contribution in [2.24, 2.45) is 5.92 Å². The highest BCUT2D eigenvalue weighted by Crippen LogP contribution is 2.41. The monoisotopic (exact) mass is 286 g/mol. The molecular weight excluding hydrogens is 256 g/mol. The molecule has 0 spiro atoms. The van der Waals surface area contributed by atoms with Crippen molar-refractivity contribution in [1.82, 2.24) is 0 Å². The molecule has 21 heavy (non-hydrogen) atoms. The maximum atomic E-state index is 11.1. The third-order valence-corrected chi connectivity index (χ3v) is 5.89. The minimum absolute atomic E-state index is 0.569. The number of benzene rings is 1. The van der Waals surface area contributed by atoms with E-state index < -0.39 is 5.60 Å². The van der Waals surface area contributed by atoms with E-state index in [0.717, 1.165) is 30.2 Å². The number of rotatable bonds is 4. The Morgan fingerprint density at radius 1 is 1.00 bits per heavy atom. The van der Waals surface area contributed by atoms with E-state index in [1.807, 2.05) is 0 Å². The van der Waals surface area contributed by atoms with E-state index in [1.54, 1.807) is 0 Å². The van der Waals surface area contributed by atoms with Gasteiger partial charge in [-0.3, -0.25) is 0 Å². The predicted molar refractivity (Wildman–Crippen MR) is 88.4 cm³/mol. The van der Waals surface area contributed by atoms with Crippen molar-refractivity contribution in [2.75, 3.05) is 0 Å². The third kappa shape index (κ3) is 3.34. The lowest BCUT2D eigenvalue weighted by Crippen LogP contribution is -2.25. The highest BCUT2D eigenvalue weighted by molar-refractivity contribution is 5.30. The molecule has 0 aromatic heterocycles. The Bertz CT molecular complexity index is 445. The van der Waals surface area contributed by atoms with Crippen LogP contribution in [0.15, 0.2) is 24.3 Å². The summed E-state index contributed by atoms with van der Waals surface area (Å²) in [7, 11) is 0. The van der Waals surface area contributed by atoms with Crippen LogP contribution in [0.3, 0.4) is 0 Å². The summed E-state index contributed by atoms with van der Waals surface area (Å²) in [4.78, 5) is 0. The van der Waals surface area contributed by atoms with Crippen LogP contribution >= 0.6 is 0 Å². The van der Waals surface area contributed by atoms with Crippen molar-refractivity contribution in [3.8, 4) is 0 Å². The van der Waals surface area contributed by atoms with Gasteiger partial charge in [0, 0.05) is 0 Å². The number of hydrogen-bond donors (Lipinski definition) is 1. The van der Waals surface area contributed by atoms with Crippen molar-refractivity contribution in [2.45, 2.75) is 82.7 Å². The molecule has 116 valence electrons. The third-order valence-electron chi connectivity index (χ3n) is 5.89. The molecule has 2 atom stereocenters. The van der Waals surface area contributed by atoms with Crippen LogP contribution in [0.5, 0.6) is 0 Å². The van der Waals surface area contributed by atoms with E-state index in [2.05, 4.69) is 31.2 Å². The molecule has 1 aromatic carbocycles. The Morgan fingerprint density at radius 2 is 1.76 bits per heavy atom. The first-order valence-electron chi connectivity index (χ1n) is 9.04. The summed E-state index contributed by atoms with van der Waals surface area (Å²) in [6, 6.07) is 8.94. The Labute approximate surface area is 129 Å². The van der Waals surface area contributed by atoms with Crippen LogP contribution in [0.4, 0.5) is 0 Å². The highest BCUT2D eigenvalue weighted by Gasteiger charge is 2.32. The topological polar surface area (TPSA) is 20.2 Å². The molecular formula is C20H30O. The molecule has 1 nitrogen and oxygen atoms in total. The fourth-order valence-corrected chi connectivity index (χ4v) is 4.19. The van der Waals surface area contributed by atoms with Crippen LogP contribution in [0.1, 0.15) is 88.2 Å². The first-order chi connectivity index (χ1) is 10.2. The molecule has 0 bridgehead atoms. The first-order valence-corrected chi connectivity index (χ1v) is 9.04. The van der Waals surface area contributed by atoms with Crippen LogP contribution in [0, 0.1) is 5.92 Å². The summed E-state index contributed by atoms with van der Waals surface area (Å²) in [6.07, 6.45) is 12.2. The largest absolute Gasteiger partial charge is 0.385 e. The quantitative estimate of drug-likeness (QED) is 0.722. The van der Waals surface area contributed by atoms with Gasteiger partial charge in [0.15, 0.2) is 0 Å². The molecule has 0 amide bonds. The molecule has 2 fully saturated rings.